The average Bonchev–Trinajstić information content (AvgIpc) is 2.77. The maximum absolute atomic E-state index is 11.6. The average molecular weight is 314 g/mol. The SMILES string of the molecule is COc1ccc(C(N)=S)c(N(C)C2CCS(=O)(=O)C2)c1. The summed E-state index contributed by atoms with van der Waals surface area (Å²) in [7, 11) is 0.512. The van der Waals surface area contributed by atoms with Crippen LogP contribution < -0.4 is 15.4 Å². The molecule has 1 aliphatic heterocycles. The zero-order valence-corrected chi connectivity index (χ0v) is 13.1. The van der Waals surface area contributed by atoms with E-state index in [1.165, 1.54) is 0 Å². The third-order valence-corrected chi connectivity index (χ3v) is 5.58. The predicted molar refractivity (Wildman–Crippen MR) is 84.3 cm³/mol. The Balaban J connectivity index is 2.37. The Morgan fingerprint density at radius 2 is 2.20 bits per heavy atom. The lowest BCUT2D eigenvalue weighted by molar-refractivity contribution is 0.414. The highest BCUT2D eigenvalue weighted by molar-refractivity contribution is 7.91. The lowest BCUT2D eigenvalue weighted by Crippen LogP contribution is -2.34. The molecule has 1 heterocycles. The molecule has 5 nitrogen and oxygen atoms in total. The van der Waals surface area contributed by atoms with Crippen LogP contribution in [0.4, 0.5) is 5.69 Å². The van der Waals surface area contributed by atoms with E-state index < -0.39 is 9.84 Å². The summed E-state index contributed by atoms with van der Waals surface area (Å²) in [5, 5.41) is 0. The molecule has 0 saturated carbocycles. The van der Waals surface area contributed by atoms with Crippen molar-refractivity contribution in [1.29, 1.82) is 0 Å². The zero-order chi connectivity index (χ0) is 14.9. The fourth-order valence-electron chi connectivity index (χ4n) is 2.42. The van der Waals surface area contributed by atoms with Gasteiger partial charge in [0.2, 0.25) is 0 Å². The van der Waals surface area contributed by atoms with Crippen LogP contribution in [0.15, 0.2) is 18.2 Å². The van der Waals surface area contributed by atoms with Crippen LogP contribution in [0.3, 0.4) is 0 Å². The molecular formula is C13H18N2O3S2. The number of nitrogens with zero attached hydrogens (tertiary/aromatic N) is 1. The summed E-state index contributed by atoms with van der Waals surface area (Å²) in [4.78, 5) is 2.22. The molecule has 0 bridgehead atoms. The number of sulfone groups is 1. The van der Waals surface area contributed by atoms with Crippen LogP contribution >= 0.6 is 12.2 Å². The highest BCUT2D eigenvalue weighted by Crippen LogP contribution is 2.29. The molecule has 7 heteroatoms. The molecule has 0 spiro atoms. The van der Waals surface area contributed by atoms with Gasteiger partial charge in [0.05, 0.1) is 24.3 Å². The number of benzene rings is 1. The Morgan fingerprint density at radius 1 is 1.50 bits per heavy atom. The summed E-state index contributed by atoms with van der Waals surface area (Å²) in [6, 6.07) is 5.37. The Bertz CT molecular complexity index is 629. The standard InChI is InChI=1S/C13H18N2O3S2/c1-15(9-5-6-20(16,17)8-9)12-7-10(18-2)3-4-11(12)13(14)19/h3-4,7,9H,5-6,8H2,1-2H3,(H2,14,19). The molecule has 0 amide bonds. The van der Waals surface area contributed by atoms with Crippen LogP contribution in [0, 0.1) is 0 Å². The highest BCUT2D eigenvalue weighted by atomic mass is 32.2. The Hall–Kier alpha value is -1.34. The minimum absolute atomic E-state index is 0.0554. The molecule has 1 fully saturated rings. The van der Waals surface area contributed by atoms with Crippen LogP contribution in [0.1, 0.15) is 12.0 Å². The molecule has 1 aromatic carbocycles. The maximum atomic E-state index is 11.6. The molecule has 1 atom stereocenters. The lowest BCUT2D eigenvalue weighted by Gasteiger charge is -2.28. The summed E-state index contributed by atoms with van der Waals surface area (Å²) < 4.78 is 28.4. The Labute approximate surface area is 124 Å². The van der Waals surface area contributed by atoms with E-state index in [9.17, 15) is 8.42 Å². The van der Waals surface area contributed by atoms with Gasteiger partial charge in [0.1, 0.15) is 10.7 Å². The summed E-state index contributed by atoms with van der Waals surface area (Å²) >= 11 is 5.06. The Kier molecular flexibility index (Phi) is 4.19. The summed E-state index contributed by atoms with van der Waals surface area (Å²) in [5.74, 6) is 1.08. The number of methoxy groups -OCH3 is 1. The number of nitrogens with two attached hydrogens (primary N) is 1. The van der Waals surface area contributed by atoms with E-state index in [4.69, 9.17) is 22.7 Å². The quantitative estimate of drug-likeness (QED) is 0.834. The van der Waals surface area contributed by atoms with E-state index in [2.05, 4.69) is 0 Å². The topological polar surface area (TPSA) is 72.6 Å². The van der Waals surface area contributed by atoms with Crippen molar-refractivity contribution in [1.82, 2.24) is 0 Å². The van der Waals surface area contributed by atoms with Gasteiger partial charge in [0.25, 0.3) is 0 Å². The van der Waals surface area contributed by atoms with Crippen LogP contribution in [-0.4, -0.2) is 45.1 Å². The fraction of sp³-hybridized carbons (Fsp3) is 0.462. The first-order valence-electron chi connectivity index (χ1n) is 6.25. The van der Waals surface area contributed by atoms with Crippen LogP contribution in [0.2, 0.25) is 0 Å². The van der Waals surface area contributed by atoms with Gasteiger partial charge in [-0.1, -0.05) is 12.2 Å². The largest absolute Gasteiger partial charge is 0.497 e. The van der Waals surface area contributed by atoms with Crippen molar-refractivity contribution < 1.29 is 13.2 Å². The van der Waals surface area contributed by atoms with Crippen molar-refractivity contribution in [2.45, 2.75) is 12.5 Å². The van der Waals surface area contributed by atoms with E-state index in [1.54, 1.807) is 19.2 Å². The van der Waals surface area contributed by atoms with Crippen molar-refractivity contribution in [2.75, 3.05) is 30.6 Å². The zero-order valence-electron chi connectivity index (χ0n) is 11.5. The number of rotatable bonds is 4. The molecule has 1 aliphatic rings. The highest BCUT2D eigenvalue weighted by Gasteiger charge is 2.31. The van der Waals surface area contributed by atoms with E-state index >= 15 is 0 Å². The first-order valence-corrected chi connectivity index (χ1v) is 8.48. The van der Waals surface area contributed by atoms with Gasteiger partial charge in [0.15, 0.2) is 9.84 Å². The second-order valence-corrected chi connectivity index (χ2v) is 7.58. The van der Waals surface area contributed by atoms with Gasteiger partial charge in [-0.3, -0.25) is 0 Å². The maximum Gasteiger partial charge on any atom is 0.152 e. The molecule has 2 N–H and O–H groups in total. The van der Waals surface area contributed by atoms with Crippen molar-refractivity contribution in [2.24, 2.45) is 5.73 Å². The van der Waals surface area contributed by atoms with Crippen LogP contribution in [0.5, 0.6) is 5.75 Å². The van der Waals surface area contributed by atoms with E-state index in [-0.39, 0.29) is 22.5 Å². The van der Waals surface area contributed by atoms with Crippen molar-refractivity contribution in [3.63, 3.8) is 0 Å². The van der Waals surface area contributed by atoms with Crippen molar-refractivity contribution in [3.8, 4) is 5.75 Å². The monoisotopic (exact) mass is 314 g/mol. The summed E-state index contributed by atoms with van der Waals surface area (Å²) in [6.45, 7) is 0. The molecule has 1 unspecified atom stereocenters. The first-order chi connectivity index (χ1) is 9.34. The lowest BCUT2D eigenvalue weighted by atomic mass is 10.1. The van der Waals surface area contributed by atoms with Gasteiger partial charge in [-0.2, -0.15) is 0 Å². The molecule has 0 aliphatic carbocycles. The second-order valence-electron chi connectivity index (χ2n) is 4.92. The van der Waals surface area contributed by atoms with Gasteiger partial charge in [-0.15, -0.1) is 0 Å². The van der Waals surface area contributed by atoms with Gasteiger partial charge >= 0.3 is 0 Å². The molecule has 110 valence electrons. The molecule has 1 aromatic rings. The third kappa shape index (κ3) is 3.04. The number of hydrogen-bond acceptors (Lipinski definition) is 5. The van der Waals surface area contributed by atoms with Crippen LogP contribution in [0.25, 0.3) is 0 Å². The minimum Gasteiger partial charge on any atom is -0.497 e. The number of ether oxygens (including phenoxy) is 1. The molecule has 20 heavy (non-hydrogen) atoms. The summed E-state index contributed by atoms with van der Waals surface area (Å²) in [6.07, 6.45) is 0.618. The van der Waals surface area contributed by atoms with Gasteiger partial charge < -0.3 is 15.4 Å². The molecule has 0 radical (unpaired) electrons. The van der Waals surface area contributed by atoms with Crippen molar-refractivity contribution >= 4 is 32.7 Å². The molecule has 0 aromatic heterocycles. The molecule has 1 saturated heterocycles. The number of thiocarbonyl (C=S) groups is 1. The van der Waals surface area contributed by atoms with Gasteiger partial charge in [-0.25, -0.2) is 8.42 Å². The van der Waals surface area contributed by atoms with Gasteiger partial charge in [-0.05, 0) is 18.6 Å². The molecule has 2 rings (SSSR count). The minimum atomic E-state index is -2.93. The van der Waals surface area contributed by atoms with Crippen LogP contribution in [-0.2, 0) is 9.84 Å². The predicted octanol–water partition coefficient (Wildman–Crippen LogP) is 0.953. The first kappa shape index (κ1) is 15.1. The normalized spacial score (nSPS) is 20.6. The Morgan fingerprint density at radius 3 is 2.70 bits per heavy atom. The van der Waals surface area contributed by atoms with E-state index in [0.717, 1.165) is 11.3 Å². The molecular weight excluding hydrogens is 296 g/mol. The number of anilines is 1. The van der Waals surface area contributed by atoms with E-state index in [1.807, 2.05) is 18.0 Å². The number of hydrogen-bond donors (Lipinski definition) is 1. The van der Waals surface area contributed by atoms with Gasteiger partial charge in [0, 0.05) is 24.7 Å². The smallest absolute Gasteiger partial charge is 0.152 e. The van der Waals surface area contributed by atoms with Crippen molar-refractivity contribution in [3.05, 3.63) is 23.8 Å². The second kappa shape index (κ2) is 5.57. The van der Waals surface area contributed by atoms with E-state index in [0.29, 0.717) is 12.2 Å². The fourth-order valence-corrected chi connectivity index (χ4v) is 4.36. The third-order valence-electron chi connectivity index (χ3n) is 3.61. The summed E-state index contributed by atoms with van der Waals surface area (Å²) in [5.41, 5.74) is 7.28.